The zero-order valence-corrected chi connectivity index (χ0v) is 9.15. The molecular formula is C10H7F5O3. The molecule has 0 heterocycles. The number of carboxylic acid groups (broad SMARTS) is 1. The van der Waals surface area contributed by atoms with Crippen molar-refractivity contribution in [3.05, 3.63) is 29.1 Å². The molecule has 0 aliphatic rings. The first-order valence-corrected chi connectivity index (χ1v) is 4.53. The standard InChI is InChI=1S/C10H7F5O3/c1-10(2,9(16)17)18-8-6(14)4(12)3(11)5(13)7(8)15/h1-2H3,(H,16,17). The number of hydrogen-bond acceptors (Lipinski definition) is 2. The maximum atomic E-state index is 13.2. The molecule has 18 heavy (non-hydrogen) atoms. The number of carboxylic acids is 1. The molecule has 3 nitrogen and oxygen atoms in total. The van der Waals surface area contributed by atoms with E-state index in [2.05, 4.69) is 4.74 Å². The molecule has 0 spiro atoms. The van der Waals surface area contributed by atoms with Gasteiger partial charge in [-0.3, -0.25) is 0 Å². The Kier molecular flexibility index (Phi) is 3.50. The minimum absolute atomic E-state index is 0.896. The van der Waals surface area contributed by atoms with Gasteiger partial charge in [0.15, 0.2) is 11.4 Å². The highest BCUT2D eigenvalue weighted by molar-refractivity contribution is 5.76. The van der Waals surface area contributed by atoms with Crippen LogP contribution < -0.4 is 4.74 Å². The lowest BCUT2D eigenvalue weighted by Crippen LogP contribution is -2.38. The molecule has 0 saturated carbocycles. The molecule has 0 radical (unpaired) electrons. The molecule has 0 atom stereocenters. The molecule has 1 N–H and O–H groups in total. The average Bonchev–Trinajstić information content (AvgIpc) is 2.29. The quantitative estimate of drug-likeness (QED) is 0.521. The van der Waals surface area contributed by atoms with E-state index in [0.29, 0.717) is 0 Å². The summed E-state index contributed by atoms with van der Waals surface area (Å²) in [5.74, 6) is -14.5. The van der Waals surface area contributed by atoms with E-state index in [1.54, 1.807) is 0 Å². The van der Waals surface area contributed by atoms with Crippen molar-refractivity contribution in [1.29, 1.82) is 0 Å². The molecular weight excluding hydrogens is 263 g/mol. The molecule has 0 aliphatic carbocycles. The predicted octanol–water partition coefficient (Wildman–Crippen LogP) is 2.62. The Morgan fingerprint density at radius 3 is 1.61 bits per heavy atom. The first-order chi connectivity index (χ1) is 8.09. The zero-order valence-electron chi connectivity index (χ0n) is 9.15. The third-order valence-corrected chi connectivity index (χ3v) is 2.04. The van der Waals surface area contributed by atoms with Gasteiger partial charge in [0, 0.05) is 0 Å². The Labute approximate surface area is 97.8 Å². The number of aliphatic carboxylic acids is 1. The third kappa shape index (κ3) is 2.22. The van der Waals surface area contributed by atoms with Crippen molar-refractivity contribution >= 4 is 5.97 Å². The maximum Gasteiger partial charge on any atom is 0.347 e. The zero-order chi connectivity index (χ0) is 14.2. The van der Waals surface area contributed by atoms with Gasteiger partial charge in [-0.25, -0.2) is 18.0 Å². The highest BCUT2D eigenvalue weighted by atomic mass is 19.2. The van der Waals surface area contributed by atoms with Crippen LogP contribution in [0.25, 0.3) is 0 Å². The van der Waals surface area contributed by atoms with Crippen LogP contribution in [0.3, 0.4) is 0 Å². The van der Waals surface area contributed by atoms with Crippen LogP contribution in [-0.4, -0.2) is 16.7 Å². The van der Waals surface area contributed by atoms with Crippen molar-refractivity contribution < 1.29 is 36.6 Å². The van der Waals surface area contributed by atoms with E-state index in [4.69, 9.17) is 5.11 Å². The van der Waals surface area contributed by atoms with Crippen LogP contribution in [0.2, 0.25) is 0 Å². The molecule has 0 saturated heterocycles. The molecule has 1 rings (SSSR count). The molecule has 1 aromatic carbocycles. The van der Waals surface area contributed by atoms with Crippen LogP contribution in [0, 0.1) is 29.1 Å². The number of rotatable bonds is 3. The van der Waals surface area contributed by atoms with E-state index >= 15 is 0 Å². The molecule has 0 aliphatic heterocycles. The summed E-state index contributed by atoms with van der Waals surface area (Å²) in [7, 11) is 0. The number of benzene rings is 1. The van der Waals surface area contributed by atoms with E-state index in [9.17, 15) is 26.7 Å². The summed E-state index contributed by atoms with van der Waals surface area (Å²) in [4.78, 5) is 10.7. The Morgan fingerprint density at radius 2 is 1.28 bits per heavy atom. The highest BCUT2D eigenvalue weighted by Crippen LogP contribution is 2.31. The minimum atomic E-state index is -2.34. The van der Waals surface area contributed by atoms with E-state index in [1.165, 1.54) is 0 Å². The fourth-order valence-electron chi connectivity index (χ4n) is 0.973. The fourth-order valence-corrected chi connectivity index (χ4v) is 0.973. The van der Waals surface area contributed by atoms with Crippen molar-refractivity contribution in [3.8, 4) is 5.75 Å². The second-order valence-electron chi connectivity index (χ2n) is 3.82. The maximum absolute atomic E-state index is 13.2. The summed E-state index contributed by atoms with van der Waals surface area (Å²) in [6.07, 6.45) is 0. The third-order valence-electron chi connectivity index (χ3n) is 2.04. The van der Waals surface area contributed by atoms with Crippen molar-refractivity contribution in [2.75, 3.05) is 0 Å². The lowest BCUT2D eigenvalue weighted by Gasteiger charge is -2.22. The Bertz CT molecular complexity index is 484. The summed E-state index contributed by atoms with van der Waals surface area (Å²) in [5.41, 5.74) is -2.15. The molecule has 0 aromatic heterocycles. The number of hydrogen-bond donors (Lipinski definition) is 1. The van der Waals surface area contributed by atoms with E-state index < -0.39 is 46.4 Å². The summed E-state index contributed by atoms with van der Waals surface area (Å²) < 4.78 is 68.9. The van der Waals surface area contributed by atoms with Crippen molar-refractivity contribution in [2.45, 2.75) is 19.4 Å². The highest BCUT2D eigenvalue weighted by Gasteiger charge is 2.35. The van der Waals surface area contributed by atoms with Gasteiger partial charge in [-0.05, 0) is 13.8 Å². The number of halogens is 5. The first-order valence-electron chi connectivity index (χ1n) is 4.53. The van der Waals surface area contributed by atoms with Crippen LogP contribution >= 0.6 is 0 Å². The minimum Gasteiger partial charge on any atom is -0.478 e. The lowest BCUT2D eigenvalue weighted by atomic mass is 10.1. The van der Waals surface area contributed by atoms with Crippen LogP contribution in [0.4, 0.5) is 22.0 Å². The van der Waals surface area contributed by atoms with Gasteiger partial charge in [0.25, 0.3) is 0 Å². The van der Waals surface area contributed by atoms with Gasteiger partial charge in [-0.15, -0.1) is 0 Å². The fraction of sp³-hybridized carbons (Fsp3) is 0.300. The van der Waals surface area contributed by atoms with Crippen molar-refractivity contribution in [2.24, 2.45) is 0 Å². The van der Waals surface area contributed by atoms with Gasteiger partial charge >= 0.3 is 5.97 Å². The number of ether oxygens (including phenoxy) is 1. The molecule has 100 valence electrons. The first kappa shape index (κ1) is 14.2. The van der Waals surface area contributed by atoms with Crippen molar-refractivity contribution in [3.63, 3.8) is 0 Å². The summed E-state index contributed by atoms with van der Waals surface area (Å²) in [6, 6.07) is 0. The summed E-state index contributed by atoms with van der Waals surface area (Å²) in [5, 5.41) is 8.65. The van der Waals surface area contributed by atoms with Crippen LogP contribution in [0.1, 0.15) is 13.8 Å². The van der Waals surface area contributed by atoms with Gasteiger partial charge in [0.05, 0.1) is 0 Å². The second kappa shape index (κ2) is 4.43. The van der Waals surface area contributed by atoms with Crippen molar-refractivity contribution in [1.82, 2.24) is 0 Å². The van der Waals surface area contributed by atoms with Gasteiger partial charge < -0.3 is 9.84 Å². The Hall–Kier alpha value is -1.86. The monoisotopic (exact) mass is 270 g/mol. The smallest absolute Gasteiger partial charge is 0.347 e. The van der Waals surface area contributed by atoms with E-state index in [0.717, 1.165) is 13.8 Å². The topological polar surface area (TPSA) is 46.5 Å². The average molecular weight is 270 g/mol. The SMILES string of the molecule is CC(C)(Oc1c(F)c(F)c(F)c(F)c1F)C(=O)O. The lowest BCUT2D eigenvalue weighted by molar-refractivity contribution is -0.152. The Morgan fingerprint density at radius 1 is 0.944 bits per heavy atom. The van der Waals surface area contributed by atoms with Crippen LogP contribution in [0.5, 0.6) is 5.75 Å². The largest absolute Gasteiger partial charge is 0.478 e. The summed E-state index contributed by atoms with van der Waals surface area (Å²) in [6.45, 7) is 1.79. The van der Waals surface area contributed by atoms with E-state index in [1.807, 2.05) is 0 Å². The molecule has 0 bridgehead atoms. The summed E-state index contributed by atoms with van der Waals surface area (Å²) >= 11 is 0. The molecule has 8 heteroatoms. The number of carbonyl (C=O) groups is 1. The van der Waals surface area contributed by atoms with Gasteiger partial charge in [-0.1, -0.05) is 0 Å². The Balaban J connectivity index is 3.39. The molecule has 0 amide bonds. The van der Waals surface area contributed by atoms with Crippen LogP contribution in [-0.2, 0) is 4.79 Å². The predicted molar refractivity (Wildman–Crippen MR) is 48.6 cm³/mol. The normalized spacial score (nSPS) is 11.5. The second-order valence-corrected chi connectivity index (χ2v) is 3.82. The van der Waals surface area contributed by atoms with Gasteiger partial charge in [-0.2, -0.15) is 8.78 Å². The van der Waals surface area contributed by atoms with Gasteiger partial charge in [0.2, 0.25) is 29.1 Å². The molecule has 1 aromatic rings. The van der Waals surface area contributed by atoms with Crippen LogP contribution in [0.15, 0.2) is 0 Å². The molecule has 0 unspecified atom stereocenters. The van der Waals surface area contributed by atoms with E-state index in [-0.39, 0.29) is 0 Å². The molecule has 0 fully saturated rings. The van der Waals surface area contributed by atoms with Gasteiger partial charge in [0.1, 0.15) is 0 Å².